The number of rotatable bonds is 6. The first-order valence-corrected chi connectivity index (χ1v) is 8.53. The van der Waals surface area contributed by atoms with Crippen molar-refractivity contribution in [3.8, 4) is 0 Å². The molecule has 0 saturated heterocycles. The molecular weight excluding hydrogens is 336 g/mol. The lowest BCUT2D eigenvalue weighted by atomic mass is 10.1. The fraction of sp³-hybridized carbons (Fsp3) is 0.267. The van der Waals surface area contributed by atoms with Crippen molar-refractivity contribution >= 4 is 46.1 Å². The fourth-order valence-corrected chi connectivity index (χ4v) is 3.55. The first-order chi connectivity index (χ1) is 11.0. The Labute approximate surface area is 141 Å². The van der Waals surface area contributed by atoms with Crippen molar-refractivity contribution in [1.82, 2.24) is 5.32 Å². The van der Waals surface area contributed by atoms with Crippen molar-refractivity contribution in [2.75, 3.05) is 12.4 Å². The molecule has 2 aromatic heterocycles. The minimum Gasteiger partial charge on any atom is -0.465 e. The molecule has 0 saturated carbocycles. The summed E-state index contributed by atoms with van der Waals surface area (Å²) in [6.45, 7) is 1.41. The molecule has 122 valence electrons. The summed E-state index contributed by atoms with van der Waals surface area (Å²) in [5, 5.41) is 9.04. The molecule has 0 spiro atoms. The van der Waals surface area contributed by atoms with Gasteiger partial charge in [0, 0.05) is 11.8 Å². The molecule has 23 heavy (non-hydrogen) atoms. The molecular formula is C15H16N2O4S2. The monoisotopic (exact) mass is 352 g/mol. The number of thiophene rings is 2. The van der Waals surface area contributed by atoms with Gasteiger partial charge < -0.3 is 15.4 Å². The highest BCUT2D eigenvalue weighted by Crippen LogP contribution is 2.26. The molecule has 2 N–H and O–H groups in total. The largest absolute Gasteiger partial charge is 0.465 e. The summed E-state index contributed by atoms with van der Waals surface area (Å²) < 4.78 is 4.67. The molecule has 0 bridgehead atoms. The zero-order valence-corrected chi connectivity index (χ0v) is 14.3. The second-order valence-electron chi connectivity index (χ2n) is 4.68. The van der Waals surface area contributed by atoms with E-state index in [1.807, 2.05) is 17.5 Å². The summed E-state index contributed by atoms with van der Waals surface area (Å²) in [5.41, 5.74) is 0.416. The van der Waals surface area contributed by atoms with Crippen LogP contribution in [0.3, 0.4) is 0 Å². The molecule has 8 heteroatoms. The van der Waals surface area contributed by atoms with Crippen LogP contribution in [0.5, 0.6) is 0 Å². The van der Waals surface area contributed by atoms with Gasteiger partial charge in [0.1, 0.15) is 4.88 Å². The lowest BCUT2D eigenvalue weighted by Crippen LogP contribution is -2.29. The third kappa shape index (κ3) is 4.64. The Morgan fingerprint density at radius 1 is 1.22 bits per heavy atom. The van der Waals surface area contributed by atoms with E-state index >= 15 is 0 Å². The average molecular weight is 352 g/mol. The van der Waals surface area contributed by atoms with Crippen molar-refractivity contribution in [1.29, 1.82) is 0 Å². The van der Waals surface area contributed by atoms with Gasteiger partial charge in [-0.1, -0.05) is 6.07 Å². The highest BCUT2D eigenvalue weighted by Gasteiger charge is 2.20. The average Bonchev–Trinajstić information content (AvgIpc) is 3.16. The summed E-state index contributed by atoms with van der Waals surface area (Å²) in [6, 6.07) is 4.98. The Hall–Kier alpha value is -2.19. The van der Waals surface area contributed by atoms with E-state index in [-0.39, 0.29) is 18.2 Å². The summed E-state index contributed by atoms with van der Waals surface area (Å²) in [4.78, 5) is 36.4. The van der Waals surface area contributed by atoms with Gasteiger partial charge in [-0.05, 0) is 22.9 Å². The molecule has 2 heterocycles. The molecule has 0 radical (unpaired) electrons. The number of amides is 2. The highest BCUT2D eigenvalue weighted by molar-refractivity contribution is 7.12. The van der Waals surface area contributed by atoms with E-state index in [1.54, 1.807) is 11.4 Å². The van der Waals surface area contributed by atoms with Gasteiger partial charge in [0.05, 0.1) is 25.3 Å². The fourth-order valence-electron chi connectivity index (χ4n) is 2.00. The molecule has 6 nitrogen and oxygen atoms in total. The van der Waals surface area contributed by atoms with E-state index in [2.05, 4.69) is 15.4 Å². The lowest BCUT2D eigenvalue weighted by Gasteiger charge is -2.16. The Balaban J connectivity index is 2.06. The second-order valence-corrected chi connectivity index (χ2v) is 6.57. The zero-order chi connectivity index (χ0) is 16.8. The third-order valence-electron chi connectivity index (χ3n) is 2.96. The van der Waals surface area contributed by atoms with Crippen LogP contribution in [0, 0.1) is 0 Å². The van der Waals surface area contributed by atoms with E-state index < -0.39 is 12.0 Å². The van der Waals surface area contributed by atoms with Crippen molar-refractivity contribution in [3.63, 3.8) is 0 Å². The Morgan fingerprint density at radius 2 is 2.00 bits per heavy atom. The van der Waals surface area contributed by atoms with Crippen molar-refractivity contribution < 1.29 is 19.1 Å². The van der Waals surface area contributed by atoms with Crippen LogP contribution in [0.15, 0.2) is 29.0 Å². The first kappa shape index (κ1) is 17.2. The summed E-state index contributed by atoms with van der Waals surface area (Å²) in [5.74, 6) is -0.991. The maximum atomic E-state index is 12.3. The van der Waals surface area contributed by atoms with Crippen LogP contribution in [-0.4, -0.2) is 24.9 Å². The van der Waals surface area contributed by atoms with Crippen LogP contribution in [0.2, 0.25) is 0 Å². The second kappa shape index (κ2) is 7.89. The number of nitrogens with one attached hydrogen (secondary N) is 2. The Morgan fingerprint density at radius 3 is 2.61 bits per heavy atom. The molecule has 0 aliphatic heterocycles. The van der Waals surface area contributed by atoms with Crippen LogP contribution in [0.1, 0.15) is 33.9 Å². The van der Waals surface area contributed by atoms with Gasteiger partial charge in [0.15, 0.2) is 0 Å². The number of ether oxygens (including phenoxy) is 1. The normalized spacial score (nSPS) is 11.6. The van der Waals surface area contributed by atoms with Crippen molar-refractivity contribution in [3.05, 3.63) is 38.7 Å². The smallest absolute Gasteiger partial charge is 0.350 e. The molecule has 0 aromatic carbocycles. The van der Waals surface area contributed by atoms with Gasteiger partial charge in [0.25, 0.3) is 0 Å². The molecule has 0 fully saturated rings. The predicted octanol–water partition coefficient (Wildman–Crippen LogP) is 2.80. The van der Waals surface area contributed by atoms with Gasteiger partial charge in [-0.3, -0.25) is 9.59 Å². The minimum absolute atomic E-state index is 0.0799. The molecule has 0 aliphatic carbocycles. The van der Waals surface area contributed by atoms with Gasteiger partial charge in [-0.25, -0.2) is 4.79 Å². The van der Waals surface area contributed by atoms with Gasteiger partial charge >= 0.3 is 5.97 Å². The Bertz CT molecular complexity index is 694. The number of hydrogen-bond acceptors (Lipinski definition) is 6. The summed E-state index contributed by atoms with van der Waals surface area (Å²) in [6.07, 6.45) is 0.0799. The maximum Gasteiger partial charge on any atom is 0.350 e. The number of methoxy groups -OCH3 is 1. The summed E-state index contributed by atoms with van der Waals surface area (Å²) >= 11 is 2.66. The first-order valence-electron chi connectivity index (χ1n) is 6.77. The van der Waals surface area contributed by atoms with E-state index in [0.29, 0.717) is 10.6 Å². The third-order valence-corrected chi connectivity index (χ3v) is 4.84. The van der Waals surface area contributed by atoms with Gasteiger partial charge in [0.2, 0.25) is 11.8 Å². The van der Waals surface area contributed by atoms with E-state index in [1.165, 1.54) is 36.7 Å². The number of esters is 1. The lowest BCUT2D eigenvalue weighted by molar-refractivity contribution is -0.120. The molecule has 0 unspecified atom stereocenters. The van der Waals surface area contributed by atoms with Crippen LogP contribution in [0.25, 0.3) is 0 Å². The van der Waals surface area contributed by atoms with Crippen LogP contribution < -0.4 is 10.6 Å². The maximum absolute atomic E-state index is 12.3. The molecule has 2 aromatic rings. The van der Waals surface area contributed by atoms with Gasteiger partial charge in [-0.15, -0.1) is 22.7 Å². The van der Waals surface area contributed by atoms with Crippen molar-refractivity contribution in [2.24, 2.45) is 0 Å². The number of carbonyl (C=O) groups is 3. The summed E-state index contributed by atoms with van der Waals surface area (Å²) in [7, 11) is 1.29. The Kier molecular flexibility index (Phi) is 5.89. The standard InChI is InChI=1S/C15H16N2O4S2/c1-9(18)16-11(12-4-3-6-22-12)8-13(19)17-10-5-7-23-14(10)15(20)21-2/h3-7,11H,8H2,1-2H3,(H,16,18)(H,17,19)/t11-/m1/s1. The number of anilines is 1. The van der Waals surface area contributed by atoms with E-state index in [0.717, 1.165) is 4.88 Å². The SMILES string of the molecule is COC(=O)c1sccc1NC(=O)C[C@@H](NC(C)=O)c1cccs1. The molecule has 0 aliphatic rings. The van der Waals surface area contributed by atoms with Crippen LogP contribution in [0.4, 0.5) is 5.69 Å². The molecule has 2 amide bonds. The van der Waals surface area contributed by atoms with E-state index in [9.17, 15) is 14.4 Å². The zero-order valence-electron chi connectivity index (χ0n) is 12.6. The quantitative estimate of drug-likeness (QED) is 0.783. The van der Waals surface area contributed by atoms with Crippen molar-refractivity contribution in [2.45, 2.75) is 19.4 Å². The minimum atomic E-state index is -0.494. The van der Waals surface area contributed by atoms with Crippen LogP contribution in [-0.2, 0) is 14.3 Å². The van der Waals surface area contributed by atoms with Gasteiger partial charge in [-0.2, -0.15) is 0 Å². The van der Waals surface area contributed by atoms with Crippen LogP contribution >= 0.6 is 22.7 Å². The predicted molar refractivity (Wildman–Crippen MR) is 89.8 cm³/mol. The number of carbonyl (C=O) groups excluding carboxylic acids is 3. The highest BCUT2D eigenvalue weighted by atomic mass is 32.1. The topological polar surface area (TPSA) is 84.5 Å². The van der Waals surface area contributed by atoms with E-state index in [4.69, 9.17) is 0 Å². The molecule has 1 atom stereocenters. The molecule has 2 rings (SSSR count). The number of hydrogen-bond donors (Lipinski definition) is 2.